The number of hydrogen-bond donors (Lipinski definition) is 2. The molecule has 0 aromatic rings. The molecule has 3 saturated carbocycles. The van der Waals surface area contributed by atoms with Crippen LogP contribution in [0, 0.1) is 22.7 Å². The van der Waals surface area contributed by atoms with Gasteiger partial charge in [0, 0.05) is 0 Å². The molecule has 6 atom stereocenters. The van der Waals surface area contributed by atoms with Crippen molar-refractivity contribution in [1.29, 1.82) is 0 Å². The van der Waals surface area contributed by atoms with E-state index in [1.54, 1.807) is 0 Å². The second-order valence-corrected chi connectivity index (χ2v) is 8.87. The molecular formula is C19H30O2. The molecule has 4 aliphatic rings. The van der Waals surface area contributed by atoms with Gasteiger partial charge in [0.2, 0.25) is 0 Å². The number of allylic oxidation sites excluding steroid dienone is 1. The Morgan fingerprint density at radius 3 is 2.67 bits per heavy atom. The summed E-state index contributed by atoms with van der Waals surface area (Å²) in [7, 11) is 0. The molecule has 0 saturated heterocycles. The van der Waals surface area contributed by atoms with Crippen molar-refractivity contribution >= 4 is 0 Å². The van der Waals surface area contributed by atoms with Gasteiger partial charge in [0.05, 0.1) is 11.7 Å². The van der Waals surface area contributed by atoms with Crippen LogP contribution in [-0.2, 0) is 0 Å². The van der Waals surface area contributed by atoms with Gasteiger partial charge in [-0.2, -0.15) is 0 Å². The Balaban J connectivity index is 1.73. The van der Waals surface area contributed by atoms with Gasteiger partial charge in [-0.1, -0.05) is 25.5 Å². The average molecular weight is 290 g/mol. The molecule has 0 aromatic heterocycles. The second kappa shape index (κ2) is 4.35. The summed E-state index contributed by atoms with van der Waals surface area (Å²) in [6.07, 6.45) is 12.1. The molecule has 4 aliphatic carbocycles. The van der Waals surface area contributed by atoms with Crippen LogP contribution in [0.1, 0.15) is 71.6 Å². The summed E-state index contributed by atoms with van der Waals surface area (Å²) in [6.45, 7) is 4.75. The van der Waals surface area contributed by atoms with Crippen LogP contribution in [0.4, 0.5) is 0 Å². The van der Waals surface area contributed by atoms with Crippen molar-refractivity contribution in [1.82, 2.24) is 0 Å². The lowest BCUT2D eigenvalue weighted by Gasteiger charge is -2.60. The van der Waals surface area contributed by atoms with E-state index < -0.39 is 5.60 Å². The van der Waals surface area contributed by atoms with Gasteiger partial charge in [0.1, 0.15) is 0 Å². The molecule has 3 fully saturated rings. The zero-order valence-corrected chi connectivity index (χ0v) is 13.6. The zero-order valence-electron chi connectivity index (χ0n) is 13.6. The third-order valence-corrected chi connectivity index (χ3v) is 8.06. The highest BCUT2D eigenvalue weighted by Crippen LogP contribution is 2.66. The maximum Gasteiger partial charge on any atom is 0.0735 e. The van der Waals surface area contributed by atoms with Crippen LogP contribution in [-0.4, -0.2) is 21.9 Å². The lowest BCUT2D eigenvalue weighted by molar-refractivity contribution is -0.168. The highest BCUT2D eigenvalue weighted by Gasteiger charge is 2.63. The highest BCUT2D eigenvalue weighted by atomic mass is 16.3. The lowest BCUT2D eigenvalue weighted by Crippen LogP contribution is -2.59. The summed E-state index contributed by atoms with van der Waals surface area (Å²) in [5, 5.41) is 21.6. The first-order chi connectivity index (χ1) is 9.89. The number of rotatable bonds is 0. The van der Waals surface area contributed by atoms with Crippen molar-refractivity contribution in [2.24, 2.45) is 22.7 Å². The molecule has 0 bridgehead atoms. The van der Waals surface area contributed by atoms with E-state index in [4.69, 9.17) is 0 Å². The minimum atomic E-state index is -0.434. The predicted molar refractivity (Wildman–Crippen MR) is 83.8 cm³/mol. The standard InChI is InChI=1S/C19H30O2/c1-17-8-3-9-19(17,21)16-5-4-13-12-14(20)6-11-18(13,2)15(16)7-10-17/h4,14-16,20-21H,3,5-12H2,1-2H3/t14-,15-,16-,17+,18+,19-/m1/s1. The Hall–Kier alpha value is -0.340. The Morgan fingerprint density at radius 1 is 1.05 bits per heavy atom. The Labute approximate surface area is 128 Å². The lowest BCUT2D eigenvalue weighted by atomic mass is 9.46. The van der Waals surface area contributed by atoms with Crippen LogP contribution in [0.2, 0.25) is 0 Å². The van der Waals surface area contributed by atoms with Gasteiger partial charge in [0.15, 0.2) is 0 Å². The van der Waals surface area contributed by atoms with Gasteiger partial charge in [-0.05, 0) is 80.5 Å². The third kappa shape index (κ3) is 1.72. The Bertz CT molecular complexity index is 484. The molecule has 118 valence electrons. The predicted octanol–water partition coefficient (Wildman–Crippen LogP) is 3.82. The minimum Gasteiger partial charge on any atom is -0.393 e. The molecule has 4 rings (SSSR count). The molecule has 2 N–H and O–H groups in total. The number of fused-ring (bicyclic) bond motifs is 5. The van der Waals surface area contributed by atoms with Crippen LogP contribution in [0.15, 0.2) is 11.6 Å². The van der Waals surface area contributed by atoms with Crippen LogP contribution >= 0.6 is 0 Å². The number of hydrogen-bond acceptors (Lipinski definition) is 2. The van der Waals surface area contributed by atoms with E-state index in [0.717, 1.165) is 32.1 Å². The fraction of sp³-hybridized carbons (Fsp3) is 0.895. The summed E-state index contributed by atoms with van der Waals surface area (Å²) in [4.78, 5) is 0. The fourth-order valence-electron chi connectivity index (χ4n) is 6.60. The average Bonchev–Trinajstić information content (AvgIpc) is 2.75. The first kappa shape index (κ1) is 14.3. The van der Waals surface area contributed by atoms with Crippen molar-refractivity contribution in [3.8, 4) is 0 Å². The second-order valence-electron chi connectivity index (χ2n) is 8.87. The van der Waals surface area contributed by atoms with Gasteiger partial charge >= 0.3 is 0 Å². The Morgan fingerprint density at radius 2 is 1.86 bits per heavy atom. The van der Waals surface area contributed by atoms with E-state index in [9.17, 15) is 10.2 Å². The topological polar surface area (TPSA) is 40.5 Å². The van der Waals surface area contributed by atoms with E-state index in [1.807, 2.05) is 0 Å². The molecule has 0 radical (unpaired) electrons. The first-order valence-electron chi connectivity index (χ1n) is 8.99. The molecule has 0 amide bonds. The normalized spacial score (nSPS) is 56.2. The maximum absolute atomic E-state index is 11.5. The van der Waals surface area contributed by atoms with Crippen LogP contribution in [0.3, 0.4) is 0 Å². The van der Waals surface area contributed by atoms with Crippen molar-refractivity contribution < 1.29 is 10.2 Å². The van der Waals surface area contributed by atoms with E-state index >= 15 is 0 Å². The molecule has 2 heteroatoms. The largest absolute Gasteiger partial charge is 0.393 e. The van der Waals surface area contributed by atoms with Crippen molar-refractivity contribution in [2.45, 2.75) is 83.3 Å². The van der Waals surface area contributed by atoms with E-state index in [2.05, 4.69) is 19.9 Å². The van der Waals surface area contributed by atoms with Gasteiger partial charge in [-0.3, -0.25) is 0 Å². The van der Waals surface area contributed by atoms with Crippen molar-refractivity contribution in [3.05, 3.63) is 11.6 Å². The quantitative estimate of drug-likeness (QED) is 0.666. The molecule has 0 unspecified atom stereocenters. The van der Waals surface area contributed by atoms with E-state index in [1.165, 1.54) is 31.3 Å². The SMILES string of the molecule is C[C@@]12CCC[C@@]1(O)[C@@H]1CC=C3C[C@H](O)CC[C@]3(C)[C@@H]1CC2. The molecule has 0 heterocycles. The molecule has 2 nitrogen and oxygen atoms in total. The maximum atomic E-state index is 11.5. The van der Waals surface area contributed by atoms with Gasteiger partial charge in [-0.15, -0.1) is 0 Å². The Kier molecular flexibility index (Phi) is 2.96. The monoisotopic (exact) mass is 290 g/mol. The molecule has 0 spiro atoms. The van der Waals surface area contributed by atoms with Gasteiger partial charge in [0.25, 0.3) is 0 Å². The summed E-state index contributed by atoms with van der Waals surface area (Å²) in [5.41, 5.74) is 1.45. The summed E-state index contributed by atoms with van der Waals surface area (Å²) in [6, 6.07) is 0. The van der Waals surface area contributed by atoms with E-state index in [0.29, 0.717) is 11.8 Å². The van der Waals surface area contributed by atoms with Gasteiger partial charge < -0.3 is 10.2 Å². The molecule has 21 heavy (non-hydrogen) atoms. The number of aliphatic hydroxyl groups is 2. The van der Waals surface area contributed by atoms with Crippen LogP contribution in [0.25, 0.3) is 0 Å². The van der Waals surface area contributed by atoms with Crippen LogP contribution in [0.5, 0.6) is 0 Å². The molecule has 0 aromatic carbocycles. The number of aliphatic hydroxyl groups excluding tert-OH is 1. The summed E-state index contributed by atoms with van der Waals surface area (Å²) < 4.78 is 0. The molecular weight excluding hydrogens is 260 g/mol. The molecule has 0 aliphatic heterocycles. The minimum absolute atomic E-state index is 0.135. The van der Waals surface area contributed by atoms with E-state index in [-0.39, 0.29) is 16.9 Å². The third-order valence-electron chi connectivity index (χ3n) is 8.06. The van der Waals surface area contributed by atoms with Crippen molar-refractivity contribution in [2.75, 3.05) is 0 Å². The van der Waals surface area contributed by atoms with Gasteiger partial charge in [-0.25, -0.2) is 0 Å². The highest BCUT2D eigenvalue weighted by molar-refractivity contribution is 5.27. The van der Waals surface area contributed by atoms with Crippen LogP contribution < -0.4 is 0 Å². The smallest absolute Gasteiger partial charge is 0.0735 e. The van der Waals surface area contributed by atoms with Crippen molar-refractivity contribution in [3.63, 3.8) is 0 Å². The zero-order chi connectivity index (χ0) is 14.9. The summed E-state index contributed by atoms with van der Waals surface area (Å²) >= 11 is 0. The fourth-order valence-corrected chi connectivity index (χ4v) is 6.60. The summed E-state index contributed by atoms with van der Waals surface area (Å²) in [5.74, 6) is 1.07. The first-order valence-corrected chi connectivity index (χ1v) is 8.99.